The Morgan fingerprint density at radius 3 is 1.86 bits per heavy atom. The minimum absolute atomic E-state index is 0.156. The summed E-state index contributed by atoms with van der Waals surface area (Å²) in [5.41, 5.74) is 0. The van der Waals surface area contributed by atoms with Gasteiger partial charge in [0.1, 0.15) is 5.82 Å². The molecule has 0 amide bonds. The summed E-state index contributed by atoms with van der Waals surface area (Å²) < 4.78 is 72.4. The van der Waals surface area contributed by atoms with Gasteiger partial charge in [-0.2, -0.15) is 8.42 Å². The number of halogens is 4. The second kappa shape index (κ2) is 3.45. The molecule has 0 N–H and O–H groups in total. The van der Waals surface area contributed by atoms with Crippen LogP contribution in [0.5, 0.6) is 5.75 Å². The average molecular weight is 230 g/mol. The summed E-state index contributed by atoms with van der Waals surface area (Å²) in [4.78, 5) is 0. The molecule has 0 aliphatic carbocycles. The summed E-state index contributed by atoms with van der Waals surface area (Å²) in [5.74, 6) is -6.08. The molecule has 3 nitrogen and oxygen atoms in total. The van der Waals surface area contributed by atoms with Gasteiger partial charge in [0.05, 0.1) is 0 Å². The van der Waals surface area contributed by atoms with Crippen LogP contribution >= 0.6 is 0 Å². The predicted molar refractivity (Wildman–Crippen MR) is 37.0 cm³/mol. The van der Waals surface area contributed by atoms with Crippen molar-refractivity contribution in [3.8, 4) is 5.75 Å². The third kappa shape index (κ3) is 2.59. The Bertz CT molecular complexity index is 433. The third-order valence-corrected chi connectivity index (χ3v) is 1.51. The molecule has 14 heavy (non-hydrogen) atoms. The molecule has 0 aliphatic heterocycles. The molecule has 1 aromatic carbocycles. The smallest absolute Gasteiger partial charge is 0.352 e. The lowest BCUT2D eigenvalue weighted by atomic mass is 10.3. The van der Waals surface area contributed by atoms with Crippen molar-refractivity contribution in [2.45, 2.75) is 0 Å². The second-order valence-electron chi connectivity index (χ2n) is 2.17. The van der Waals surface area contributed by atoms with Crippen molar-refractivity contribution in [3.05, 3.63) is 29.6 Å². The largest absolute Gasteiger partial charge is 0.488 e. The Morgan fingerprint density at radius 2 is 1.50 bits per heavy atom. The maximum absolute atomic E-state index is 12.6. The highest BCUT2D eigenvalue weighted by Gasteiger charge is 2.19. The Labute approximate surface area is 76.3 Å². The Hall–Kier alpha value is -1.31. The fourth-order valence-corrected chi connectivity index (χ4v) is 1.07. The molecule has 0 radical (unpaired) electrons. The maximum atomic E-state index is 12.6. The minimum atomic E-state index is -5.54. The first-order chi connectivity index (χ1) is 6.29. The van der Waals surface area contributed by atoms with Gasteiger partial charge in [-0.25, -0.2) is 13.2 Å². The van der Waals surface area contributed by atoms with E-state index in [9.17, 15) is 25.5 Å². The molecule has 0 unspecified atom stereocenters. The van der Waals surface area contributed by atoms with Crippen molar-refractivity contribution in [3.63, 3.8) is 0 Å². The van der Waals surface area contributed by atoms with Gasteiger partial charge in [-0.1, -0.05) is 3.89 Å². The number of hydrogen-bond acceptors (Lipinski definition) is 3. The predicted octanol–water partition coefficient (Wildman–Crippen LogP) is 1.70. The zero-order valence-electron chi connectivity index (χ0n) is 6.30. The van der Waals surface area contributed by atoms with E-state index in [1.807, 2.05) is 0 Å². The fourth-order valence-electron chi connectivity index (χ4n) is 0.708. The zero-order chi connectivity index (χ0) is 10.9. The van der Waals surface area contributed by atoms with Crippen molar-refractivity contribution in [1.29, 1.82) is 0 Å². The van der Waals surface area contributed by atoms with Crippen LogP contribution in [0.2, 0.25) is 0 Å². The number of rotatable bonds is 2. The summed E-state index contributed by atoms with van der Waals surface area (Å²) in [7, 11) is -5.54. The highest BCUT2D eigenvalue weighted by molar-refractivity contribution is 7.81. The lowest BCUT2D eigenvalue weighted by Gasteiger charge is -2.02. The number of benzene rings is 1. The van der Waals surface area contributed by atoms with Gasteiger partial charge in [0, 0.05) is 12.1 Å². The van der Waals surface area contributed by atoms with Crippen LogP contribution in [0.4, 0.5) is 17.1 Å². The molecule has 0 saturated carbocycles. The van der Waals surface area contributed by atoms with E-state index in [0.29, 0.717) is 0 Å². The molecule has 0 aliphatic rings. The molecule has 0 bridgehead atoms. The van der Waals surface area contributed by atoms with Gasteiger partial charge in [-0.3, -0.25) is 0 Å². The van der Waals surface area contributed by atoms with E-state index >= 15 is 0 Å². The average Bonchev–Trinajstić information content (AvgIpc) is 1.95. The topological polar surface area (TPSA) is 43.4 Å². The first-order valence-corrected chi connectivity index (χ1v) is 4.39. The van der Waals surface area contributed by atoms with Crippen LogP contribution in [0.1, 0.15) is 0 Å². The van der Waals surface area contributed by atoms with Gasteiger partial charge in [-0.15, -0.1) is 0 Å². The van der Waals surface area contributed by atoms with E-state index in [1.54, 1.807) is 0 Å². The molecule has 1 rings (SSSR count). The van der Waals surface area contributed by atoms with E-state index in [2.05, 4.69) is 4.18 Å². The van der Waals surface area contributed by atoms with Crippen LogP contribution in [0.3, 0.4) is 0 Å². The Balaban J connectivity index is 3.22. The highest BCUT2D eigenvalue weighted by Crippen LogP contribution is 2.24. The van der Waals surface area contributed by atoms with Crippen molar-refractivity contribution < 1.29 is 29.7 Å². The normalized spacial score (nSPS) is 11.4. The lowest BCUT2D eigenvalue weighted by Crippen LogP contribution is -2.05. The molecule has 0 spiro atoms. The van der Waals surface area contributed by atoms with E-state index in [4.69, 9.17) is 0 Å². The highest BCUT2D eigenvalue weighted by atomic mass is 32.3. The molecule has 0 saturated heterocycles. The van der Waals surface area contributed by atoms with Crippen LogP contribution in [0.15, 0.2) is 12.1 Å². The quantitative estimate of drug-likeness (QED) is 0.573. The van der Waals surface area contributed by atoms with Gasteiger partial charge >= 0.3 is 10.5 Å². The van der Waals surface area contributed by atoms with E-state index in [-0.39, 0.29) is 12.1 Å². The van der Waals surface area contributed by atoms with Crippen molar-refractivity contribution in [2.75, 3.05) is 0 Å². The van der Waals surface area contributed by atoms with Crippen LogP contribution in [-0.2, 0) is 10.5 Å². The van der Waals surface area contributed by atoms with E-state index in [0.717, 1.165) is 0 Å². The zero-order valence-corrected chi connectivity index (χ0v) is 7.12. The molecular weight excluding hydrogens is 228 g/mol. The summed E-state index contributed by atoms with van der Waals surface area (Å²) in [6, 6.07) is 0.313. The monoisotopic (exact) mass is 230 g/mol. The van der Waals surface area contributed by atoms with E-state index < -0.39 is 33.7 Å². The van der Waals surface area contributed by atoms with Crippen molar-refractivity contribution >= 4 is 10.5 Å². The number of hydrogen-bond donors (Lipinski definition) is 0. The Kier molecular flexibility index (Phi) is 2.65. The van der Waals surface area contributed by atoms with Crippen molar-refractivity contribution in [1.82, 2.24) is 0 Å². The SMILES string of the molecule is O=S(=O)(F)Oc1c(F)cc(F)cc1F. The van der Waals surface area contributed by atoms with Gasteiger partial charge in [0.25, 0.3) is 0 Å². The Morgan fingerprint density at radius 1 is 1.07 bits per heavy atom. The molecule has 0 atom stereocenters. The summed E-state index contributed by atoms with van der Waals surface area (Å²) in [5, 5.41) is 0. The molecule has 0 aromatic heterocycles. The molecule has 8 heteroatoms. The van der Waals surface area contributed by atoms with Gasteiger partial charge < -0.3 is 4.18 Å². The molecule has 0 heterocycles. The summed E-state index contributed by atoms with van der Waals surface area (Å²) in [6.07, 6.45) is 0. The fraction of sp³-hybridized carbons (Fsp3) is 0. The van der Waals surface area contributed by atoms with E-state index in [1.165, 1.54) is 0 Å². The summed E-state index contributed by atoms with van der Waals surface area (Å²) >= 11 is 0. The van der Waals surface area contributed by atoms with Crippen molar-refractivity contribution in [2.24, 2.45) is 0 Å². The van der Waals surface area contributed by atoms with Crippen LogP contribution < -0.4 is 4.18 Å². The van der Waals surface area contributed by atoms with Gasteiger partial charge in [0.15, 0.2) is 11.6 Å². The third-order valence-electron chi connectivity index (χ3n) is 1.15. The summed E-state index contributed by atoms with van der Waals surface area (Å²) in [6.45, 7) is 0. The standard InChI is InChI=1S/C6H2F4O3S/c7-3-1-4(8)6(5(9)2-3)13-14(10,11)12/h1-2H. The first kappa shape index (κ1) is 10.8. The molecule has 78 valence electrons. The molecule has 0 fully saturated rings. The lowest BCUT2D eigenvalue weighted by molar-refractivity contribution is 0.399. The van der Waals surface area contributed by atoms with Crippen LogP contribution in [0.25, 0.3) is 0 Å². The first-order valence-electron chi connectivity index (χ1n) is 3.08. The van der Waals surface area contributed by atoms with Gasteiger partial charge in [0.2, 0.25) is 5.75 Å². The minimum Gasteiger partial charge on any atom is -0.352 e. The van der Waals surface area contributed by atoms with Gasteiger partial charge in [-0.05, 0) is 0 Å². The van der Waals surface area contributed by atoms with Crippen LogP contribution in [-0.4, -0.2) is 8.42 Å². The second-order valence-corrected chi connectivity index (χ2v) is 3.13. The molecular formula is C6H2F4O3S. The molecule has 1 aromatic rings. The van der Waals surface area contributed by atoms with Crippen LogP contribution in [0, 0.1) is 17.5 Å². The maximum Gasteiger partial charge on any atom is 0.488 e.